The maximum absolute atomic E-state index is 14.0. The molecule has 0 aliphatic carbocycles. The van der Waals surface area contributed by atoms with Crippen molar-refractivity contribution in [3.63, 3.8) is 0 Å². The van der Waals surface area contributed by atoms with Crippen molar-refractivity contribution in [2.45, 2.75) is 46.0 Å². The van der Waals surface area contributed by atoms with Gasteiger partial charge in [0.2, 0.25) is 5.75 Å². The molecule has 3 heterocycles. The number of piperazine rings is 1. The number of carbonyl (C=O) groups excluding carboxylic acids is 1. The van der Waals surface area contributed by atoms with Gasteiger partial charge in [-0.15, -0.1) is 0 Å². The van der Waals surface area contributed by atoms with Gasteiger partial charge in [-0.2, -0.15) is 18.2 Å². The zero-order chi connectivity index (χ0) is 30.1. The number of alkyl halides is 3. The molecule has 2 N–H and O–H groups in total. The Hall–Kier alpha value is -3.90. The van der Waals surface area contributed by atoms with Gasteiger partial charge in [0, 0.05) is 44.0 Å². The smallest absolute Gasteiger partial charge is 0.416 e. The van der Waals surface area contributed by atoms with E-state index in [1.165, 1.54) is 24.5 Å². The monoisotopic (exact) mass is 584 g/mol. The topological polar surface area (TPSA) is 91.9 Å². The van der Waals surface area contributed by atoms with Crippen LogP contribution in [0.3, 0.4) is 0 Å². The van der Waals surface area contributed by atoms with Gasteiger partial charge in [-0.1, -0.05) is 19.1 Å². The van der Waals surface area contributed by atoms with Crippen molar-refractivity contribution in [1.82, 2.24) is 19.8 Å². The lowest BCUT2D eigenvalue weighted by molar-refractivity contribution is -0.138. The number of halogens is 3. The first-order valence-corrected chi connectivity index (χ1v) is 13.9. The number of benzene rings is 2. The molecule has 5 rings (SSSR count). The Morgan fingerprint density at radius 3 is 2.55 bits per heavy atom. The van der Waals surface area contributed by atoms with Gasteiger partial charge in [0.1, 0.15) is 18.7 Å². The first kappa shape index (κ1) is 29.6. The van der Waals surface area contributed by atoms with Gasteiger partial charge in [-0.05, 0) is 62.7 Å². The molecule has 0 bridgehead atoms. The van der Waals surface area contributed by atoms with E-state index < -0.39 is 17.6 Å². The SMILES string of the molecule is CCN1CCN(Cc2ccc(NC(=O)c3ccc(C)c(Oc4ncnc5c4OCC(C)(C)N5)c3)cc2C(F)(F)F)CC1. The van der Waals surface area contributed by atoms with Crippen LogP contribution in [0.1, 0.15) is 47.8 Å². The molecule has 1 aromatic heterocycles. The summed E-state index contributed by atoms with van der Waals surface area (Å²) in [6, 6.07) is 8.76. The number of hydrogen-bond acceptors (Lipinski definition) is 8. The average Bonchev–Trinajstić information content (AvgIpc) is 2.94. The average molecular weight is 585 g/mol. The summed E-state index contributed by atoms with van der Waals surface area (Å²) in [5.41, 5.74) is 0.112. The van der Waals surface area contributed by atoms with Crippen molar-refractivity contribution < 1.29 is 27.4 Å². The minimum atomic E-state index is -4.56. The van der Waals surface area contributed by atoms with Gasteiger partial charge < -0.3 is 25.0 Å². The summed E-state index contributed by atoms with van der Waals surface area (Å²) in [5.74, 6) is 0.825. The van der Waals surface area contributed by atoms with E-state index in [-0.39, 0.29) is 34.8 Å². The predicted molar refractivity (Wildman–Crippen MR) is 153 cm³/mol. The van der Waals surface area contributed by atoms with Crippen LogP contribution in [0.5, 0.6) is 17.4 Å². The highest BCUT2D eigenvalue weighted by atomic mass is 19.4. The Balaban J connectivity index is 1.32. The van der Waals surface area contributed by atoms with Gasteiger partial charge in [-0.3, -0.25) is 9.69 Å². The fourth-order valence-corrected chi connectivity index (χ4v) is 4.98. The van der Waals surface area contributed by atoms with Crippen LogP contribution >= 0.6 is 0 Å². The van der Waals surface area contributed by atoms with Gasteiger partial charge in [0.15, 0.2) is 5.82 Å². The third-order valence-corrected chi connectivity index (χ3v) is 7.44. The molecule has 0 radical (unpaired) electrons. The van der Waals surface area contributed by atoms with Crippen LogP contribution in [0.2, 0.25) is 0 Å². The van der Waals surface area contributed by atoms with Gasteiger partial charge >= 0.3 is 6.18 Å². The molecule has 3 aromatic rings. The quantitative estimate of drug-likeness (QED) is 0.373. The first-order valence-electron chi connectivity index (χ1n) is 13.9. The second-order valence-electron chi connectivity index (χ2n) is 11.3. The molecule has 9 nitrogen and oxygen atoms in total. The summed E-state index contributed by atoms with van der Waals surface area (Å²) in [7, 11) is 0. The van der Waals surface area contributed by atoms with Crippen molar-refractivity contribution in [3.8, 4) is 17.4 Å². The van der Waals surface area contributed by atoms with Crippen LogP contribution in [-0.2, 0) is 12.7 Å². The number of nitrogens with one attached hydrogen (secondary N) is 2. The molecule has 12 heteroatoms. The summed E-state index contributed by atoms with van der Waals surface area (Å²) in [6.45, 7) is 12.4. The van der Waals surface area contributed by atoms with Crippen molar-refractivity contribution in [2.24, 2.45) is 0 Å². The second-order valence-corrected chi connectivity index (χ2v) is 11.3. The fraction of sp³-hybridized carbons (Fsp3) is 0.433. The number of aromatic nitrogens is 2. The Labute approximate surface area is 243 Å². The standard InChI is InChI=1S/C30H35F3N6O3/c1-5-38-10-12-39(13-11-38)16-21-8-9-22(15-23(21)30(31,32)33)36-27(40)20-7-6-19(2)24(14-20)42-28-25-26(34-18-35-28)37-29(3,4)17-41-25/h6-9,14-15,18H,5,10-13,16-17H2,1-4H3,(H,36,40)(H,34,35,37). The molecule has 2 aliphatic heterocycles. The van der Waals surface area contributed by atoms with Crippen LogP contribution in [0.25, 0.3) is 0 Å². The number of amides is 1. The molecule has 1 amide bonds. The van der Waals surface area contributed by atoms with Gasteiger partial charge in [-0.25, -0.2) is 4.98 Å². The molecular weight excluding hydrogens is 549 g/mol. The van der Waals surface area contributed by atoms with Crippen molar-refractivity contribution >= 4 is 17.4 Å². The Bertz CT molecular complexity index is 1450. The Kier molecular flexibility index (Phi) is 8.29. The van der Waals surface area contributed by atoms with Crippen LogP contribution in [-0.4, -0.2) is 70.5 Å². The maximum Gasteiger partial charge on any atom is 0.416 e. The molecule has 0 saturated carbocycles. The van der Waals surface area contributed by atoms with Gasteiger partial charge in [0.05, 0.1) is 11.1 Å². The molecule has 0 spiro atoms. The minimum Gasteiger partial charge on any atom is -0.483 e. The van der Waals surface area contributed by atoms with E-state index >= 15 is 0 Å². The van der Waals surface area contributed by atoms with E-state index in [4.69, 9.17) is 9.47 Å². The lowest BCUT2D eigenvalue weighted by Crippen LogP contribution is -2.45. The normalized spacial score (nSPS) is 17.1. The molecule has 224 valence electrons. The number of anilines is 2. The lowest BCUT2D eigenvalue weighted by atomic mass is 10.0. The highest BCUT2D eigenvalue weighted by Gasteiger charge is 2.34. The summed E-state index contributed by atoms with van der Waals surface area (Å²) in [6.07, 6.45) is -3.21. The first-order chi connectivity index (χ1) is 19.9. The number of nitrogens with zero attached hydrogens (tertiary/aromatic N) is 4. The highest BCUT2D eigenvalue weighted by Crippen LogP contribution is 2.40. The van der Waals surface area contributed by atoms with Crippen LogP contribution in [0.15, 0.2) is 42.7 Å². The number of rotatable bonds is 7. The molecule has 2 aliphatic rings. The van der Waals surface area contributed by atoms with Gasteiger partial charge in [0.25, 0.3) is 11.8 Å². The minimum absolute atomic E-state index is 0.0573. The number of likely N-dealkylation sites (N-methyl/N-ethyl adjacent to an activating group) is 1. The van der Waals surface area contributed by atoms with Crippen molar-refractivity contribution in [3.05, 3.63) is 65.0 Å². The summed E-state index contributed by atoms with van der Waals surface area (Å²) < 4.78 is 54.0. The molecule has 2 aromatic carbocycles. The number of carbonyl (C=O) groups is 1. The van der Waals surface area contributed by atoms with E-state index in [1.54, 1.807) is 12.1 Å². The largest absolute Gasteiger partial charge is 0.483 e. The third kappa shape index (κ3) is 6.76. The summed E-state index contributed by atoms with van der Waals surface area (Å²) in [4.78, 5) is 25.9. The van der Waals surface area contributed by atoms with Crippen LogP contribution < -0.4 is 20.1 Å². The van der Waals surface area contributed by atoms with Crippen molar-refractivity contribution in [1.29, 1.82) is 0 Å². The van der Waals surface area contributed by atoms with Crippen LogP contribution in [0.4, 0.5) is 24.7 Å². The van der Waals surface area contributed by atoms with E-state index in [2.05, 4.69) is 32.4 Å². The summed E-state index contributed by atoms with van der Waals surface area (Å²) in [5, 5.41) is 5.88. The molecule has 0 atom stereocenters. The zero-order valence-electron chi connectivity index (χ0n) is 24.1. The molecule has 42 heavy (non-hydrogen) atoms. The third-order valence-electron chi connectivity index (χ3n) is 7.44. The lowest BCUT2D eigenvalue weighted by Gasteiger charge is -2.34. The van der Waals surface area contributed by atoms with E-state index in [9.17, 15) is 18.0 Å². The Morgan fingerprint density at radius 1 is 1.10 bits per heavy atom. The number of hydrogen-bond donors (Lipinski definition) is 2. The second kappa shape index (κ2) is 11.8. The molecular formula is C30H35F3N6O3. The molecule has 1 saturated heterocycles. The molecule has 0 unspecified atom stereocenters. The summed E-state index contributed by atoms with van der Waals surface area (Å²) >= 11 is 0. The maximum atomic E-state index is 14.0. The fourth-order valence-electron chi connectivity index (χ4n) is 4.98. The predicted octanol–water partition coefficient (Wildman–Crippen LogP) is 5.57. The number of ether oxygens (including phenoxy) is 2. The highest BCUT2D eigenvalue weighted by molar-refractivity contribution is 6.04. The Morgan fingerprint density at radius 2 is 1.83 bits per heavy atom. The zero-order valence-corrected chi connectivity index (χ0v) is 24.1. The molecule has 1 fully saturated rings. The van der Waals surface area contributed by atoms with E-state index in [0.29, 0.717) is 37.0 Å². The number of aryl methyl sites for hydroxylation is 1. The van der Waals surface area contributed by atoms with E-state index in [0.717, 1.165) is 31.3 Å². The van der Waals surface area contributed by atoms with E-state index in [1.807, 2.05) is 25.7 Å². The van der Waals surface area contributed by atoms with Crippen molar-refractivity contribution in [2.75, 3.05) is 50.0 Å². The number of fused-ring (bicyclic) bond motifs is 1. The van der Waals surface area contributed by atoms with Crippen LogP contribution in [0, 0.1) is 6.92 Å².